The second kappa shape index (κ2) is 14.9. The van der Waals surface area contributed by atoms with Crippen LogP contribution < -0.4 is 35.6 Å². The largest absolute Gasteiger partial charge is 0.493 e. The first kappa shape index (κ1) is 33.3. The lowest BCUT2D eigenvalue weighted by Gasteiger charge is -2.24. The lowest BCUT2D eigenvalue weighted by Crippen LogP contribution is -2.44. The van der Waals surface area contributed by atoms with Crippen molar-refractivity contribution in [3.63, 3.8) is 0 Å². The van der Waals surface area contributed by atoms with E-state index >= 15 is 0 Å². The van der Waals surface area contributed by atoms with E-state index in [2.05, 4.69) is 26.1 Å². The Morgan fingerprint density at radius 1 is 1.11 bits per heavy atom. The zero-order chi connectivity index (χ0) is 32.7. The number of hydrogen-bond acceptors (Lipinski definition) is 10. The third-order valence-electron chi connectivity index (χ3n) is 8.16. The molecule has 0 fully saturated rings. The minimum Gasteiger partial charge on any atom is -0.493 e. The molecule has 0 saturated heterocycles. The van der Waals surface area contributed by atoms with E-state index in [1.54, 1.807) is 40.4 Å². The first-order chi connectivity index (χ1) is 21.6. The molecule has 12 heteroatoms. The summed E-state index contributed by atoms with van der Waals surface area (Å²) in [5, 5.41) is 13.0. The van der Waals surface area contributed by atoms with Gasteiger partial charge in [-0.1, -0.05) is 31.5 Å². The third-order valence-corrected chi connectivity index (χ3v) is 8.16. The van der Waals surface area contributed by atoms with Gasteiger partial charge in [-0.25, -0.2) is 0 Å². The van der Waals surface area contributed by atoms with Crippen molar-refractivity contribution in [2.24, 2.45) is 5.92 Å². The highest BCUT2D eigenvalue weighted by molar-refractivity contribution is 5.86. The van der Waals surface area contributed by atoms with Crippen LogP contribution in [0, 0.1) is 12.8 Å². The molecular weight excluding hydrogens is 578 g/mol. The number of ether oxygens (including phenoxy) is 3. The Bertz CT molecular complexity index is 1590. The number of carbonyl (C=O) groups excluding carboxylic acids is 2. The van der Waals surface area contributed by atoms with Crippen LogP contribution in [0.15, 0.2) is 33.6 Å². The number of nitrogens with one attached hydrogen (secondary N) is 3. The lowest BCUT2D eigenvalue weighted by molar-refractivity contribution is -0.123. The van der Waals surface area contributed by atoms with E-state index in [-0.39, 0.29) is 28.8 Å². The van der Waals surface area contributed by atoms with Gasteiger partial charge in [0.05, 0.1) is 33.1 Å². The number of fused-ring (bicyclic) bond motifs is 3. The topological polar surface area (TPSA) is 154 Å². The molecule has 2 amide bonds. The second-order valence-corrected chi connectivity index (χ2v) is 11.2. The summed E-state index contributed by atoms with van der Waals surface area (Å²) in [4.78, 5) is 43.6. The van der Waals surface area contributed by atoms with Crippen LogP contribution in [0.1, 0.15) is 68.9 Å². The van der Waals surface area contributed by atoms with Gasteiger partial charge >= 0.3 is 0 Å². The molecule has 1 aromatic heterocycles. The van der Waals surface area contributed by atoms with Crippen molar-refractivity contribution in [1.82, 2.24) is 20.8 Å². The molecule has 0 saturated carbocycles. The van der Waals surface area contributed by atoms with Gasteiger partial charge in [-0.3, -0.25) is 14.4 Å². The van der Waals surface area contributed by atoms with Crippen LogP contribution in [0.4, 0.5) is 5.69 Å². The molecule has 242 valence electrons. The summed E-state index contributed by atoms with van der Waals surface area (Å²) in [6, 6.07) is 5.89. The highest BCUT2D eigenvalue weighted by Crippen LogP contribution is 2.50. The van der Waals surface area contributed by atoms with Crippen molar-refractivity contribution in [2.45, 2.75) is 71.9 Å². The average Bonchev–Trinajstić information content (AvgIpc) is 3.30. The van der Waals surface area contributed by atoms with Gasteiger partial charge in [0.25, 0.3) is 0 Å². The maximum Gasteiger partial charge on any atom is 0.242 e. The molecule has 12 nitrogen and oxygen atoms in total. The van der Waals surface area contributed by atoms with Crippen molar-refractivity contribution in [3.05, 3.63) is 57.3 Å². The fourth-order valence-corrected chi connectivity index (χ4v) is 5.70. The molecular formula is C33H43N5O7. The molecule has 3 unspecified atom stereocenters. The summed E-state index contributed by atoms with van der Waals surface area (Å²) in [7, 11) is 4.66. The molecule has 4 rings (SSSR count). The lowest BCUT2D eigenvalue weighted by atomic mass is 9.95. The number of nitrogens with zero attached hydrogens (tertiary/aromatic N) is 2. The molecule has 0 radical (unpaired) electrons. The molecule has 0 bridgehead atoms. The number of rotatable bonds is 13. The van der Waals surface area contributed by atoms with Gasteiger partial charge < -0.3 is 34.7 Å². The van der Waals surface area contributed by atoms with Crippen LogP contribution in [0.25, 0.3) is 11.1 Å². The molecule has 0 aliphatic heterocycles. The van der Waals surface area contributed by atoms with Gasteiger partial charge in [-0.05, 0) is 67.0 Å². The fraction of sp³-hybridized carbons (Fsp3) is 0.485. The SMILES string of the molecule is CCC(C)C(Nc1ccc2c(cc1=O)C(NC(C)=O)CCc1cc(OC)c(OC)c(OC)c1-2)C(=O)NCCCc1nc(C)no1. The highest BCUT2D eigenvalue weighted by atomic mass is 16.5. The Labute approximate surface area is 263 Å². The first-order valence-corrected chi connectivity index (χ1v) is 15.2. The second-order valence-electron chi connectivity index (χ2n) is 11.2. The van der Waals surface area contributed by atoms with Gasteiger partial charge in [0.1, 0.15) is 6.04 Å². The molecule has 3 N–H and O–H groups in total. The number of methoxy groups -OCH3 is 3. The third kappa shape index (κ3) is 7.55. The number of carbonyl (C=O) groups is 2. The molecule has 0 spiro atoms. The van der Waals surface area contributed by atoms with E-state index in [9.17, 15) is 14.4 Å². The van der Waals surface area contributed by atoms with Crippen LogP contribution in [-0.2, 0) is 22.4 Å². The summed E-state index contributed by atoms with van der Waals surface area (Å²) in [6.45, 7) is 7.59. The number of hydrogen-bond donors (Lipinski definition) is 3. The summed E-state index contributed by atoms with van der Waals surface area (Å²) >= 11 is 0. The predicted molar refractivity (Wildman–Crippen MR) is 170 cm³/mol. The van der Waals surface area contributed by atoms with E-state index in [4.69, 9.17) is 18.7 Å². The van der Waals surface area contributed by atoms with Gasteiger partial charge in [0.15, 0.2) is 17.3 Å². The van der Waals surface area contributed by atoms with E-state index in [0.717, 1.165) is 11.1 Å². The van der Waals surface area contributed by atoms with Crippen molar-refractivity contribution in [3.8, 4) is 28.4 Å². The molecule has 3 atom stereocenters. The van der Waals surface area contributed by atoms with Gasteiger partial charge in [-0.15, -0.1) is 0 Å². The summed E-state index contributed by atoms with van der Waals surface area (Å²) < 4.78 is 22.3. The minimum atomic E-state index is -0.659. The van der Waals surface area contributed by atoms with Crippen molar-refractivity contribution < 1.29 is 28.3 Å². The Morgan fingerprint density at radius 3 is 2.49 bits per heavy atom. The van der Waals surface area contributed by atoms with Crippen LogP contribution in [-0.4, -0.2) is 55.9 Å². The smallest absolute Gasteiger partial charge is 0.242 e. The molecule has 1 heterocycles. The number of benzene rings is 1. The zero-order valence-electron chi connectivity index (χ0n) is 27.0. The standard InChI is InChI=1S/C33H43N5O7/c1-8-18(2)30(33(41)34-15-9-10-28-35-19(3)38-45-28)37-25-14-12-22-23(17-26(25)40)24(36-20(4)39)13-11-21-16-27(42-5)31(43-6)32(44-7)29(21)22/h12,14,16-18,24,30H,8-11,13,15H2,1-7H3,(H,34,41)(H,36,39)(H,37,40). The van der Waals surface area contributed by atoms with Gasteiger partial charge in [0, 0.05) is 25.5 Å². The molecule has 2 aromatic carbocycles. The zero-order valence-corrected chi connectivity index (χ0v) is 27.0. The number of aryl methyl sites for hydroxylation is 3. The molecule has 3 aromatic rings. The number of aromatic nitrogens is 2. The van der Waals surface area contributed by atoms with Crippen LogP contribution in [0.2, 0.25) is 0 Å². The van der Waals surface area contributed by atoms with Gasteiger partial charge in [-0.2, -0.15) is 4.98 Å². The Kier molecular flexibility index (Phi) is 11.0. The van der Waals surface area contributed by atoms with Crippen LogP contribution >= 0.6 is 0 Å². The monoisotopic (exact) mass is 621 g/mol. The number of amides is 2. The summed E-state index contributed by atoms with van der Waals surface area (Å²) in [5.41, 5.74) is 3.01. The Hall–Kier alpha value is -4.61. The van der Waals surface area contributed by atoms with Crippen molar-refractivity contribution in [2.75, 3.05) is 33.2 Å². The normalized spacial score (nSPS) is 15.0. The predicted octanol–water partition coefficient (Wildman–Crippen LogP) is 4.13. The van der Waals surface area contributed by atoms with E-state index in [0.29, 0.717) is 78.7 Å². The first-order valence-electron chi connectivity index (χ1n) is 15.2. The fourth-order valence-electron chi connectivity index (χ4n) is 5.70. The van der Waals surface area contributed by atoms with Crippen molar-refractivity contribution >= 4 is 17.5 Å². The summed E-state index contributed by atoms with van der Waals surface area (Å²) in [5.74, 6) is 2.02. The maximum absolute atomic E-state index is 13.8. The molecule has 1 aliphatic carbocycles. The van der Waals surface area contributed by atoms with Gasteiger partial charge in [0.2, 0.25) is 28.9 Å². The van der Waals surface area contributed by atoms with Crippen LogP contribution in [0.5, 0.6) is 17.2 Å². The van der Waals surface area contributed by atoms with E-state index < -0.39 is 12.1 Å². The Morgan fingerprint density at radius 2 is 1.87 bits per heavy atom. The quantitative estimate of drug-likeness (QED) is 0.237. The average molecular weight is 622 g/mol. The summed E-state index contributed by atoms with van der Waals surface area (Å²) in [6.07, 6.45) is 3.03. The van der Waals surface area contributed by atoms with Crippen LogP contribution in [0.3, 0.4) is 0 Å². The minimum absolute atomic E-state index is 0.0731. The van der Waals surface area contributed by atoms with E-state index in [1.807, 2.05) is 26.0 Å². The van der Waals surface area contributed by atoms with E-state index in [1.165, 1.54) is 6.92 Å². The Balaban J connectivity index is 1.72. The number of anilines is 1. The molecule has 45 heavy (non-hydrogen) atoms. The highest BCUT2D eigenvalue weighted by Gasteiger charge is 2.30. The maximum atomic E-state index is 13.8. The van der Waals surface area contributed by atoms with Crippen molar-refractivity contribution in [1.29, 1.82) is 0 Å². The molecule has 1 aliphatic rings.